The second kappa shape index (κ2) is 6.10. The van der Waals surface area contributed by atoms with Gasteiger partial charge < -0.3 is 4.90 Å². The topological polar surface area (TPSA) is 32.3 Å². The van der Waals surface area contributed by atoms with E-state index >= 15 is 0 Å². The largest absolute Gasteiger partial charge is 0.319 e. The van der Waals surface area contributed by atoms with Crippen molar-refractivity contribution < 1.29 is 13.6 Å². The standard InChI is InChI=1S/C16H20F2N2O/c17-13(18)10-20-15(12-8-4-5-9-12)19-14(16(20)21)11-6-2-1-3-7-11/h1-3,6-7,12-15,19H,4-5,8-10H2. The van der Waals surface area contributed by atoms with Gasteiger partial charge in [-0.3, -0.25) is 10.1 Å². The van der Waals surface area contributed by atoms with Crippen LogP contribution in [0.4, 0.5) is 8.78 Å². The number of alkyl halides is 2. The summed E-state index contributed by atoms with van der Waals surface area (Å²) in [6, 6.07) is 8.86. The van der Waals surface area contributed by atoms with Crippen molar-refractivity contribution in [3.05, 3.63) is 35.9 Å². The predicted octanol–water partition coefficient (Wildman–Crippen LogP) is 2.94. The molecule has 2 fully saturated rings. The van der Waals surface area contributed by atoms with Crippen LogP contribution in [0.5, 0.6) is 0 Å². The first-order valence-corrected chi connectivity index (χ1v) is 7.56. The predicted molar refractivity (Wildman–Crippen MR) is 75.8 cm³/mol. The van der Waals surface area contributed by atoms with Crippen LogP contribution in [-0.4, -0.2) is 29.9 Å². The molecule has 1 amide bonds. The summed E-state index contributed by atoms with van der Waals surface area (Å²) in [4.78, 5) is 13.9. The number of amides is 1. The van der Waals surface area contributed by atoms with Crippen molar-refractivity contribution in [1.82, 2.24) is 10.2 Å². The molecule has 1 aromatic rings. The molecule has 1 aliphatic carbocycles. The Kier molecular flexibility index (Phi) is 4.19. The van der Waals surface area contributed by atoms with Gasteiger partial charge in [-0.25, -0.2) is 8.78 Å². The molecule has 1 N–H and O–H groups in total. The van der Waals surface area contributed by atoms with Crippen LogP contribution in [-0.2, 0) is 4.79 Å². The molecule has 0 spiro atoms. The second-order valence-corrected chi connectivity index (χ2v) is 5.88. The number of nitrogens with zero attached hydrogens (tertiary/aromatic N) is 1. The zero-order chi connectivity index (χ0) is 14.8. The van der Waals surface area contributed by atoms with E-state index in [4.69, 9.17) is 0 Å². The van der Waals surface area contributed by atoms with Gasteiger partial charge in [0, 0.05) is 0 Å². The van der Waals surface area contributed by atoms with Gasteiger partial charge in [-0.1, -0.05) is 43.2 Å². The van der Waals surface area contributed by atoms with Gasteiger partial charge in [0.1, 0.15) is 6.04 Å². The third-order valence-electron chi connectivity index (χ3n) is 4.52. The number of hydrogen-bond acceptors (Lipinski definition) is 2. The minimum Gasteiger partial charge on any atom is -0.319 e. The monoisotopic (exact) mass is 294 g/mol. The summed E-state index contributed by atoms with van der Waals surface area (Å²) in [6.07, 6.45) is 1.51. The van der Waals surface area contributed by atoms with Crippen molar-refractivity contribution in [2.75, 3.05) is 6.54 Å². The summed E-state index contributed by atoms with van der Waals surface area (Å²) in [6.45, 7) is -0.476. The molecule has 2 unspecified atom stereocenters. The van der Waals surface area contributed by atoms with Gasteiger partial charge in [0.25, 0.3) is 6.43 Å². The first-order valence-electron chi connectivity index (χ1n) is 7.56. The van der Waals surface area contributed by atoms with E-state index in [1.165, 1.54) is 4.90 Å². The van der Waals surface area contributed by atoms with E-state index in [1.54, 1.807) is 0 Å². The average Bonchev–Trinajstić information content (AvgIpc) is 3.09. The van der Waals surface area contributed by atoms with Crippen LogP contribution in [0, 0.1) is 5.92 Å². The van der Waals surface area contributed by atoms with Gasteiger partial charge in [0.05, 0.1) is 12.7 Å². The first-order chi connectivity index (χ1) is 10.2. The molecule has 1 saturated heterocycles. The number of rotatable bonds is 4. The second-order valence-electron chi connectivity index (χ2n) is 5.88. The Labute approximate surface area is 123 Å². The van der Waals surface area contributed by atoms with E-state index < -0.39 is 19.0 Å². The summed E-state index contributed by atoms with van der Waals surface area (Å²) < 4.78 is 25.7. The molecule has 5 heteroatoms. The van der Waals surface area contributed by atoms with Gasteiger partial charge in [0.2, 0.25) is 5.91 Å². The SMILES string of the molecule is O=C1C(c2ccccc2)NC(C2CCCC2)N1CC(F)F. The zero-order valence-electron chi connectivity index (χ0n) is 11.8. The van der Waals surface area contributed by atoms with Crippen LogP contribution >= 0.6 is 0 Å². The summed E-state index contributed by atoms with van der Waals surface area (Å²) in [5, 5.41) is 3.30. The van der Waals surface area contributed by atoms with Gasteiger partial charge in [-0.05, 0) is 24.3 Å². The molecule has 114 valence electrons. The van der Waals surface area contributed by atoms with E-state index in [0.29, 0.717) is 5.92 Å². The molecule has 1 saturated carbocycles. The molecule has 2 aliphatic rings. The smallest absolute Gasteiger partial charge is 0.255 e. The van der Waals surface area contributed by atoms with Crippen LogP contribution in [0.1, 0.15) is 37.3 Å². The quantitative estimate of drug-likeness (QED) is 0.926. The lowest BCUT2D eigenvalue weighted by Crippen LogP contribution is -2.44. The Bertz CT molecular complexity index is 488. The number of halogens is 2. The molecule has 1 aliphatic heterocycles. The molecule has 1 aromatic carbocycles. The molecule has 3 rings (SSSR count). The van der Waals surface area contributed by atoms with Crippen LogP contribution < -0.4 is 5.32 Å². The van der Waals surface area contributed by atoms with Gasteiger partial charge in [-0.15, -0.1) is 0 Å². The number of carbonyl (C=O) groups is 1. The fourth-order valence-electron chi connectivity index (χ4n) is 3.54. The highest BCUT2D eigenvalue weighted by Crippen LogP contribution is 2.35. The fraction of sp³-hybridized carbons (Fsp3) is 0.562. The highest BCUT2D eigenvalue weighted by molar-refractivity contribution is 5.85. The van der Waals surface area contributed by atoms with Crippen LogP contribution in [0.2, 0.25) is 0 Å². The Morgan fingerprint density at radius 2 is 1.86 bits per heavy atom. The number of nitrogens with one attached hydrogen (secondary N) is 1. The summed E-state index contributed by atoms with van der Waals surface area (Å²) >= 11 is 0. The normalized spacial score (nSPS) is 27.0. The maximum absolute atomic E-state index is 12.8. The minimum absolute atomic E-state index is 0.224. The molecular formula is C16H20F2N2O. The van der Waals surface area contributed by atoms with E-state index in [1.807, 2.05) is 30.3 Å². The lowest BCUT2D eigenvalue weighted by atomic mass is 10.0. The maximum Gasteiger partial charge on any atom is 0.255 e. The van der Waals surface area contributed by atoms with Crippen LogP contribution in [0.3, 0.4) is 0 Å². The Morgan fingerprint density at radius 3 is 2.48 bits per heavy atom. The lowest BCUT2D eigenvalue weighted by Gasteiger charge is -2.28. The zero-order valence-corrected chi connectivity index (χ0v) is 11.8. The van der Waals surface area contributed by atoms with E-state index in [0.717, 1.165) is 31.2 Å². The third kappa shape index (κ3) is 2.93. The Balaban J connectivity index is 1.83. The molecule has 1 heterocycles. The number of hydrogen-bond donors (Lipinski definition) is 1. The fourth-order valence-corrected chi connectivity index (χ4v) is 3.54. The van der Waals surface area contributed by atoms with Crippen molar-refractivity contribution in [2.24, 2.45) is 5.92 Å². The van der Waals surface area contributed by atoms with Crippen molar-refractivity contribution >= 4 is 5.91 Å². The van der Waals surface area contributed by atoms with Crippen molar-refractivity contribution in [1.29, 1.82) is 0 Å². The maximum atomic E-state index is 12.8. The third-order valence-corrected chi connectivity index (χ3v) is 4.52. The van der Waals surface area contributed by atoms with Crippen LogP contribution in [0.25, 0.3) is 0 Å². The molecular weight excluding hydrogens is 274 g/mol. The molecule has 21 heavy (non-hydrogen) atoms. The van der Waals surface area contributed by atoms with Gasteiger partial charge in [-0.2, -0.15) is 0 Å². The van der Waals surface area contributed by atoms with E-state index in [-0.39, 0.29) is 12.1 Å². The molecule has 0 radical (unpaired) electrons. The van der Waals surface area contributed by atoms with Crippen molar-refractivity contribution in [2.45, 2.75) is 44.3 Å². The first kappa shape index (κ1) is 14.4. The average molecular weight is 294 g/mol. The van der Waals surface area contributed by atoms with E-state index in [2.05, 4.69) is 5.32 Å². The summed E-state index contributed by atoms with van der Waals surface area (Å²) in [7, 11) is 0. The van der Waals surface area contributed by atoms with E-state index in [9.17, 15) is 13.6 Å². The van der Waals surface area contributed by atoms with Gasteiger partial charge in [0.15, 0.2) is 0 Å². The molecule has 0 bridgehead atoms. The van der Waals surface area contributed by atoms with Crippen molar-refractivity contribution in [3.63, 3.8) is 0 Å². The number of benzene rings is 1. The van der Waals surface area contributed by atoms with Crippen molar-refractivity contribution in [3.8, 4) is 0 Å². The molecule has 2 atom stereocenters. The van der Waals surface area contributed by atoms with Gasteiger partial charge >= 0.3 is 0 Å². The Morgan fingerprint density at radius 1 is 1.19 bits per heavy atom. The highest BCUT2D eigenvalue weighted by atomic mass is 19.3. The molecule has 0 aromatic heterocycles. The number of carbonyl (C=O) groups excluding carboxylic acids is 1. The molecule has 3 nitrogen and oxygen atoms in total. The summed E-state index contributed by atoms with van der Waals surface area (Å²) in [5.74, 6) is 0.0693. The minimum atomic E-state index is -2.49. The summed E-state index contributed by atoms with van der Waals surface area (Å²) in [5.41, 5.74) is 0.849. The highest BCUT2D eigenvalue weighted by Gasteiger charge is 2.44. The lowest BCUT2D eigenvalue weighted by molar-refractivity contribution is -0.132. The Hall–Kier alpha value is -1.49. The van der Waals surface area contributed by atoms with Crippen LogP contribution in [0.15, 0.2) is 30.3 Å².